The van der Waals surface area contributed by atoms with Crippen LogP contribution in [0.25, 0.3) is 0 Å². The summed E-state index contributed by atoms with van der Waals surface area (Å²) >= 11 is 0. The maximum absolute atomic E-state index is 5.25. The molecule has 0 amide bonds. The van der Waals surface area contributed by atoms with Crippen molar-refractivity contribution in [1.29, 1.82) is 0 Å². The van der Waals surface area contributed by atoms with Crippen LogP contribution in [-0.4, -0.2) is 75.3 Å². The second kappa shape index (κ2) is 11.9. The van der Waals surface area contributed by atoms with E-state index in [0.29, 0.717) is 0 Å². The number of halogens is 1. The van der Waals surface area contributed by atoms with E-state index in [1.54, 1.807) is 7.11 Å². The molecule has 1 unspecified atom stereocenters. The summed E-state index contributed by atoms with van der Waals surface area (Å²) in [7, 11) is 3.68. The molecule has 6 heteroatoms. The Kier molecular flexibility index (Phi) is 9.86. The van der Waals surface area contributed by atoms with Crippen LogP contribution < -0.4 is 5.32 Å². The van der Waals surface area contributed by atoms with Gasteiger partial charge in [0.1, 0.15) is 0 Å². The van der Waals surface area contributed by atoms with Crippen LogP contribution in [-0.2, 0) is 11.2 Å². The van der Waals surface area contributed by atoms with E-state index in [1.165, 1.54) is 31.2 Å². The first-order valence-electron chi connectivity index (χ1n) is 10.0. The number of nitrogens with one attached hydrogen (secondary N) is 1. The van der Waals surface area contributed by atoms with Crippen LogP contribution in [0.3, 0.4) is 0 Å². The molecule has 152 valence electrons. The number of methoxy groups -OCH3 is 1. The highest BCUT2D eigenvalue weighted by atomic mass is 127. The van der Waals surface area contributed by atoms with Crippen molar-refractivity contribution in [3.8, 4) is 0 Å². The van der Waals surface area contributed by atoms with E-state index in [2.05, 4.69) is 50.4 Å². The molecule has 3 rings (SSSR count). The zero-order valence-electron chi connectivity index (χ0n) is 16.8. The van der Waals surface area contributed by atoms with Crippen molar-refractivity contribution >= 4 is 29.9 Å². The van der Waals surface area contributed by atoms with Gasteiger partial charge in [-0.05, 0) is 37.2 Å². The van der Waals surface area contributed by atoms with Gasteiger partial charge in [-0.2, -0.15) is 0 Å². The Morgan fingerprint density at radius 2 is 2.00 bits per heavy atom. The van der Waals surface area contributed by atoms with Gasteiger partial charge in [-0.3, -0.25) is 9.89 Å². The van der Waals surface area contributed by atoms with Crippen molar-refractivity contribution in [2.75, 3.05) is 53.5 Å². The lowest BCUT2D eigenvalue weighted by Crippen LogP contribution is -2.44. The summed E-state index contributed by atoms with van der Waals surface area (Å²) in [5.74, 6) is 1.78. The number of rotatable bonds is 9. The monoisotopic (exact) mass is 486 g/mol. The minimum Gasteiger partial charge on any atom is -0.383 e. The van der Waals surface area contributed by atoms with Crippen LogP contribution in [0.2, 0.25) is 0 Å². The van der Waals surface area contributed by atoms with E-state index in [1.807, 2.05) is 7.05 Å². The summed E-state index contributed by atoms with van der Waals surface area (Å²) in [5.41, 5.74) is 1.44. The molecule has 27 heavy (non-hydrogen) atoms. The average molecular weight is 486 g/mol. The van der Waals surface area contributed by atoms with Gasteiger partial charge in [0.25, 0.3) is 0 Å². The first-order valence-corrected chi connectivity index (χ1v) is 10.0. The van der Waals surface area contributed by atoms with E-state index < -0.39 is 0 Å². The van der Waals surface area contributed by atoms with Crippen LogP contribution in [0.4, 0.5) is 0 Å². The number of likely N-dealkylation sites (tertiary alicyclic amines) is 1. The molecule has 1 aromatic carbocycles. The van der Waals surface area contributed by atoms with Gasteiger partial charge < -0.3 is 15.0 Å². The fourth-order valence-electron chi connectivity index (χ4n) is 3.91. The number of aliphatic imine (C=N–C) groups is 1. The number of hydrogen-bond acceptors (Lipinski definition) is 3. The van der Waals surface area contributed by atoms with E-state index in [0.717, 1.165) is 57.2 Å². The zero-order chi connectivity index (χ0) is 18.2. The SMILES string of the molecule is CN=C(NCCN(CCOC)C1CC1)N1CCC(Cc2ccccc2)C1.I. The average Bonchev–Trinajstić information content (AvgIpc) is 3.41. The van der Waals surface area contributed by atoms with Gasteiger partial charge in [-0.15, -0.1) is 24.0 Å². The smallest absolute Gasteiger partial charge is 0.193 e. The van der Waals surface area contributed by atoms with Gasteiger partial charge in [-0.1, -0.05) is 30.3 Å². The third-order valence-electron chi connectivity index (χ3n) is 5.49. The molecule has 2 aliphatic rings. The third-order valence-corrected chi connectivity index (χ3v) is 5.49. The molecule has 0 aromatic heterocycles. The standard InChI is InChI=1S/C21H34N4O.HI/c1-22-21(23-11-13-24(14-15-26-2)20-8-9-20)25-12-10-19(17-25)16-18-6-4-3-5-7-18;/h3-7,19-20H,8-17H2,1-2H3,(H,22,23);1H. The lowest BCUT2D eigenvalue weighted by atomic mass is 9.99. The molecular weight excluding hydrogens is 451 g/mol. The predicted molar refractivity (Wildman–Crippen MR) is 123 cm³/mol. The quantitative estimate of drug-likeness (QED) is 0.331. The Hall–Kier alpha value is -0.860. The fourth-order valence-corrected chi connectivity index (χ4v) is 3.91. The van der Waals surface area contributed by atoms with Crippen LogP contribution in [0.15, 0.2) is 35.3 Å². The largest absolute Gasteiger partial charge is 0.383 e. The van der Waals surface area contributed by atoms with E-state index in [-0.39, 0.29) is 24.0 Å². The zero-order valence-corrected chi connectivity index (χ0v) is 19.1. The topological polar surface area (TPSA) is 40.1 Å². The number of hydrogen-bond donors (Lipinski definition) is 1. The van der Waals surface area contributed by atoms with E-state index in [9.17, 15) is 0 Å². The van der Waals surface area contributed by atoms with Gasteiger partial charge in [0.05, 0.1) is 6.61 Å². The Morgan fingerprint density at radius 3 is 2.67 bits per heavy atom. The number of benzene rings is 1. The highest BCUT2D eigenvalue weighted by molar-refractivity contribution is 14.0. The molecule has 2 fully saturated rings. The Labute approximate surface area is 181 Å². The second-order valence-electron chi connectivity index (χ2n) is 7.52. The summed E-state index contributed by atoms with van der Waals surface area (Å²) in [6, 6.07) is 11.6. The predicted octanol–water partition coefficient (Wildman–Crippen LogP) is 2.86. The van der Waals surface area contributed by atoms with Crippen LogP contribution in [0.1, 0.15) is 24.8 Å². The van der Waals surface area contributed by atoms with Crippen molar-refractivity contribution in [2.45, 2.75) is 31.7 Å². The summed E-state index contributed by atoms with van der Waals surface area (Å²) < 4.78 is 5.25. The van der Waals surface area contributed by atoms with Gasteiger partial charge in [0, 0.05) is 52.9 Å². The second-order valence-corrected chi connectivity index (χ2v) is 7.52. The maximum Gasteiger partial charge on any atom is 0.193 e. The lowest BCUT2D eigenvalue weighted by molar-refractivity contribution is 0.144. The van der Waals surface area contributed by atoms with Crippen LogP contribution in [0.5, 0.6) is 0 Å². The Balaban J connectivity index is 0.00000261. The molecule has 1 N–H and O–H groups in total. The minimum atomic E-state index is 0. The van der Waals surface area contributed by atoms with Crippen molar-refractivity contribution in [3.05, 3.63) is 35.9 Å². The van der Waals surface area contributed by atoms with Crippen molar-refractivity contribution in [2.24, 2.45) is 10.9 Å². The minimum absolute atomic E-state index is 0. The summed E-state index contributed by atoms with van der Waals surface area (Å²) in [6.45, 7) is 6.07. The molecule has 0 bridgehead atoms. The van der Waals surface area contributed by atoms with Gasteiger partial charge in [-0.25, -0.2) is 0 Å². The normalized spacial score (nSPS) is 20.0. The molecule has 1 heterocycles. The molecule has 0 spiro atoms. The number of ether oxygens (including phenoxy) is 1. The molecule has 1 saturated carbocycles. The van der Waals surface area contributed by atoms with Gasteiger partial charge >= 0.3 is 0 Å². The highest BCUT2D eigenvalue weighted by Crippen LogP contribution is 2.26. The highest BCUT2D eigenvalue weighted by Gasteiger charge is 2.29. The van der Waals surface area contributed by atoms with Crippen LogP contribution >= 0.6 is 24.0 Å². The Bertz CT molecular complexity index is 565. The molecule has 1 saturated heterocycles. The van der Waals surface area contributed by atoms with E-state index in [4.69, 9.17) is 4.74 Å². The first-order chi connectivity index (χ1) is 12.8. The molecule has 1 atom stereocenters. The summed E-state index contributed by atoms with van der Waals surface area (Å²) in [5, 5.41) is 3.58. The first kappa shape index (κ1) is 22.4. The fraction of sp³-hybridized carbons (Fsp3) is 0.667. The Morgan fingerprint density at radius 1 is 1.22 bits per heavy atom. The third kappa shape index (κ3) is 7.23. The van der Waals surface area contributed by atoms with Gasteiger partial charge in [0.2, 0.25) is 0 Å². The molecule has 1 aromatic rings. The molecule has 5 nitrogen and oxygen atoms in total. The summed E-state index contributed by atoms with van der Waals surface area (Å²) in [6.07, 6.45) is 5.09. The molecule has 1 aliphatic carbocycles. The molecular formula is C21H35IN4O. The number of guanidine groups is 1. The van der Waals surface area contributed by atoms with E-state index >= 15 is 0 Å². The molecule has 1 aliphatic heterocycles. The molecule has 0 radical (unpaired) electrons. The van der Waals surface area contributed by atoms with Gasteiger partial charge in [0.15, 0.2) is 5.96 Å². The number of nitrogens with zero attached hydrogens (tertiary/aromatic N) is 3. The maximum atomic E-state index is 5.25. The lowest BCUT2D eigenvalue weighted by Gasteiger charge is -2.25. The summed E-state index contributed by atoms with van der Waals surface area (Å²) in [4.78, 5) is 9.49. The van der Waals surface area contributed by atoms with Crippen molar-refractivity contribution in [3.63, 3.8) is 0 Å². The van der Waals surface area contributed by atoms with Crippen molar-refractivity contribution in [1.82, 2.24) is 15.1 Å². The van der Waals surface area contributed by atoms with Crippen LogP contribution in [0, 0.1) is 5.92 Å². The van der Waals surface area contributed by atoms with Crippen molar-refractivity contribution < 1.29 is 4.74 Å².